The van der Waals surface area contributed by atoms with E-state index in [1.165, 1.54) is 0 Å². The molecule has 1 aromatic carbocycles. The van der Waals surface area contributed by atoms with E-state index in [-0.39, 0.29) is 0 Å². The van der Waals surface area contributed by atoms with Gasteiger partial charge in [0.2, 0.25) is 0 Å². The van der Waals surface area contributed by atoms with Gasteiger partial charge < -0.3 is 9.30 Å². The first-order valence-corrected chi connectivity index (χ1v) is 4.01. The Labute approximate surface area is 61.0 Å². The fourth-order valence-electron chi connectivity index (χ4n) is 0.764. The summed E-state index contributed by atoms with van der Waals surface area (Å²) >= 11 is 0. The van der Waals surface area contributed by atoms with Gasteiger partial charge in [-0.15, -0.1) is 0 Å². The maximum atomic E-state index is 10.5. The third-order valence-corrected chi connectivity index (χ3v) is 2.00. The second-order valence-electron chi connectivity index (χ2n) is 1.86. The molecule has 0 radical (unpaired) electrons. The first kappa shape index (κ1) is 7.36. The highest BCUT2D eigenvalue weighted by Crippen LogP contribution is 2.10. The van der Waals surface area contributed by atoms with Crippen molar-refractivity contribution < 1.29 is 9.30 Å². The Morgan fingerprint density at radius 2 is 2.10 bits per heavy atom. The van der Waals surface area contributed by atoms with Gasteiger partial charge in [-0.3, -0.25) is 0 Å². The highest BCUT2D eigenvalue weighted by Gasteiger charge is 1.95. The predicted octanol–water partition coefficient (Wildman–Crippen LogP) is 1.08. The van der Waals surface area contributed by atoms with Gasteiger partial charge in [0, 0.05) is 5.30 Å². The molecular formula is C7H9O2P. The number of rotatable bonds is 2. The first-order valence-electron chi connectivity index (χ1n) is 2.96. The molecule has 0 N–H and O–H groups in total. The highest BCUT2D eigenvalue weighted by molar-refractivity contribution is 7.34. The van der Waals surface area contributed by atoms with Crippen molar-refractivity contribution in [3.63, 3.8) is 0 Å². The maximum absolute atomic E-state index is 10.5. The molecule has 0 saturated heterocycles. The maximum Gasteiger partial charge on any atom is 0.129 e. The van der Waals surface area contributed by atoms with Crippen LogP contribution in [-0.4, -0.2) is 7.11 Å². The lowest BCUT2D eigenvalue weighted by molar-refractivity contribution is 0.418. The summed E-state index contributed by atoms with van der Waals surface area (Å²) in [5.41, 5.74) is 0. The summed E-state index contributed by atoms with van der Waals surface area (Å²) in [5.74, 6) is 0.715. The molecule has 0 bridgehead atoms. The van der Waals surface area contributed by atoms with Crippen LogP contribution >= 0.6 is 8.46 Å². The van der Waals surface area contributed by atoms with E-state index in [4.69, 9.17) is 4.74 Å². The Bertz CT molecular complexity index is 235. The molecule has 0 aromatic heterocycles. The van der Waals surface area contributed by atoms with Crippen LogP contribution in [0, 0.1) is 0 Å². The molecule has 0 heterocycles. The van der Waals surface area contributed by atoms with E-state index >= 15 is 0 Å². The van der Waals surface area contributed by atoms with Crippen LogP contribution in [0.5, 0.6) is 5.75 Å². The quantitative estimate of drug-likeness (QED) is 0.599. The van der Waals surface area contributed by atoms with E-state index in [0.717, 1.165) is 5.30 Å². The molecule has 0 fully saturated rings. The Morgan fingerprint density at radius 3 is 2.60 bits per heavy atom. The van der Waals surface area contributed by atoms with Crippen LogP contribution in [0.25, 0.3) is 0 Å². The van der Waals surface area contributed by atoms with Crippen molar-refractivity contribution in [2.24, 2.45) is 0 Å². The van der Waals surface area contributed by atoms with Gasteiger partial charge in [-0.25, -0.2) is 0 Å². The van der Waals surface area contributed by atoms with Gasteiger partial charge in [0.1, 0.15) is 5.75 Å². The summed E-state index contributed by atoms with van der Waals surface area (Å²) in [6.07, 6.45) is 0. The summed E-state index contributed by atoms with van der Waals surface area (Å²) in [4.78, 5) is 0. The van der Waals surface area contributed by atoms with E-state index in [0.29, 0.717) is 5.75 Å². The topological polar surface area (TPSA) is 26.3 Å². The van der Waals surface area contributed by atoms with Crippen molar-refractivity contribution in [1.82, 2.24) is 0 Å². The molecule has 1 aromatic rings. The van der Waals surface area contributed by atoms with E-state index in [2.05, 4.69) is 0 Å². The van der Waals surface area contributed by atoms with Crippen molar-refractivity contribution in [1.29, 1.82) is 0 Å². The van der Waals surface area contributed by atoms with Crippen LogP contribution in [0.2, 0.25) is 0 Å². The van der Waals surface area contributed by atoms with Crippen molar-refractivity contribution in [2.45, 2.75) is 0 Å². The fourth-order valence-corrected chi connectivity index (χ4v) is 1.28. The van der Waals surface area contributed by atoms with Crippen LogP contribution in [0.15, 0.2) is 24.3 Å². The average molecular weight is 156 g/mol. The largest absolute Gasteiger partial charge is 0.496 e. The van der Waals surface area contributed by atoms with Crippen LogP contribution < -0.4 is 10.0 Å². The van der Waals surface area contributed by atoms with Crippen LogP contribution in [0.4, 0.5) is 0 Å². The zero-order chi connectivity index (χ0) is 7.40. The zero-order valence-corrected chi connectivity index (χ0v) is 6.86. The first-order chi connectivity index (χ1) is 4.88. The minimum absolute atomic E-state index is 0.715. The molecule has 1 unspecified atom stereocenters. The summed E-state index contributed by atoms with van der Waals surface area (Å²) in [6, 6.07) is 7.32. The lowest BCUT2D eigenvalue weighted by Gasteiger charge is -2.00. The second-order valence-corrected chi connectivity index (χ2v) is 2.72. The van der Waals surface area contributed by atoms with Gasteiger partial charge in [0.25, 0.3) is 0 Å². The molecule has 0 aliphatic carbocycles. The monoisotopic (exact) mass is 156 g/mol. The molecule has 1 atom stereocenters. The van der Waals surface area contributed by atoms with Gasteiger partial charge in [-0.2, -0.15) is 0 Å². The van der Waals surface area contributed by atoms with E-state index in [9.17, 15) is 4.57 Å². The molecule has 0 amide bonds. The van der Waals surface area contributed by atoms with Gasteiger partial charge in [-0.05, 0) is 12.1 Å². The van der Waals surface area contributed by atoms with Crippen LogP contribution in [-0.2, 0) is 4.57 Å². The Balaban J connectivity index is 3.08. The molecule has 0 aliphatic rings. The summed E-state index contributed by atoms with van der Waals surface area (Å²) in [7, 11) is 0.696. The lowest BCUT2D eigenvalue weighted by Crippen LogP contribution is -1.97. The summed E-state index contributed by atoms with van der Waals surface area (Å²) in [6.45, 7) is 0. The SMILES string of the molecule is COc1ccccc1[PH2]=O. The van der Waals surface area contributed by atoms with E-state index in [1.807, 2.05) is 12.1 Å². The standard InChI is InChI=1S/C7H9O2P/c1-9-6-4-2-3-5-7(6)10-8/h2-5H,10H2,1H3. The van der Waals surface area contributed by atoms with E-state index in [1.54, 1.807) is 19.2 Å². The molecule has 0 spiro atoms. The minimum atomic E-state index is -0.881. The Hall–Kier alpha value is -0.750. The molecule has 3 heteroatoms. The molecule has 2 nitrogen and oxygen atoms in total. The summed E-state index contributed by atoms with van der Waals surface area (Å²) < 4.78 is 15.5. The van der Waals surface area contributed by atoms with Crippen molar-refractivity contribution >= 4 is 13.8 Å². The number of methoxy groups -OCH3 is 1. The minimum Gasteiger partial charge on any atom is -0.496 e. The third kappa shape index (κ3) is 1.39. The van der Waals surface area contributed by atoms with Crippen LogP contribution in [0.3, 0.4) is 0 Å². The van der Waals surface area contributed by atoms with Gasteiger partial charge in [0.05, 0.1) is 15.6 Å². The third-order valence-electron chi connectivity index (χ3n) is 1.27. The number of benzene rings is 1. The van der Waals surface area contributed by atoms with Crippen LogP contribution in [0.1, 0.15) is 0 Å². The number of hydrogen-bond acceptors (Lipinski definition) is 2. The predicted molar refractivity (Wildman–Crippen MR) is 43.0 cm³/mol. The molecule has 54 valence electrons. The van der Waals surface area contributed by atoms with Gasteiger partial charge in [-0.1, -0.05) is 12.1 Å². The lowest BCUT2D eigenvalue weighted by atomic mass is 10.3. The zero-order valence-electron chi connectivity index (χ0n) is 5.70. The molecule has 0 aliphatic heterocycles. The van der Waals surface area contributed by atoms with Gasteiger partial charge in [0.15, 0.2) is 0 Å². The molecular weight excluding hydrogens is 147 g/mol. The number of hydrogen-bond donors (Lipinski definition) is 0. The van der Waals surface area contributed by atoms with Crippen molar-refractivity contribution in [3.05, 3.63) is 24.3 Å². The van der Waals surface area contributed by atoms with E-state index < -0.39 is 8.46 Å². The highest BCUT2D eigenvalue weighted by atomic mass is 31.1. The average Bonchev–Trinajstić information content (AvgIpc) is 2.04. The second kappa shape index (κ2) is 3.43. The number of para-hydroxylation sites is 1. The van der Waals surface area contributed by atoms with Gasteiger partial charge >= 0.3 is 0 Å². The van der Waals surface area contributed by atoms with Crippen molar-refractivity contribution in [3.8, 4) is 5.75 Å². The molecule has 0 saturated carbocycles. The molecule has 10 heavy (non-hydrogen) atoms. The number of ether oxygens (including phenoxy) is 1. The molecule has 1 rings (SSSR count). The fraction of sp³-hybridized carbons (Fsp3) is 0.143. The summed E-state index contributed by atoms with van der Waals surface area (Å²) in [5, 5.41) is 0.796. The Kier molecular flexibility index (Phi) is 2.52. The van der Waals surface area contributed by atoms with Crippen molar-refractivity contribution in [2.75, 3.05) is 7.11 Å². The smallest absolute Gasteiger partial charge is 0.129 e. The Morgan fingerprint density at radius 1 is 1.40 bits per heavy atom. The normalized spacial score (nSPS) is 10.5.